The molecule has 3 rings (SSSR count). The minimum absolute atomic E-state index is 0.145. The summed E-state index contributed by atoms with van der Waals surface area (Å²) in [6.45, 7) is 0.503. The van der Waals surface area contributed by atoms with Crippen LogP contribution in [0.15, 0.2) is 40.9 Å². The largest absolute Gasteiger partial charge is 0.497 e. The van der Waals surface area contributed by atoms with Gasteiger partial charge >= 0.3 is 0 Å². The van der Waals surface area contributed by atoms with E-state index >= 15 is 0 Å². The maximum absolute atomic E-state index is 6.10. The summed E-state index contributed by atoms with van der Waals surface area (Å²) in [5, 5.41) is 0. The molecule has 1 unspecified atom stereocenters. The summed E-state index contributed by atoms with van der Waals surface area (Å²) in [6.07, 6.45) is 1.99. The molecule has 110 valence electrons. The van der Waals surface area contributed by atoms with Crippen LogP contribution < -0.4 is 15.2 Å². The molecule has 0 bridgehead atoms. The molecule has 1 aliphatic rings. The predicted molar refractivity (Wildman–Crippen MR) is 86.7 cm³/mol. The lowest BCUT2D eigenvalue weighted by Gasteiger charge is -2.13. The average molecular weight is 348 g/mol. The highest BCUT2D eigenvalue weighted by Gasteiger charge is 2.22. The van der Waals surface area contributed by atoms with E-state index in [1.807, 2.05) is 30.3 Å². The van der Waals surface area contributed by atoms with Crippen LogP contribution in [0.1, 0.15) is 29.2 Å². The molecule has 0 amide bonds. The summed E-state index contributed by atoms with van der Waals surface area (Å²) >= 11 is 3.55. The van der Waals surface area contributed by atoms with Crippen molar-refractivity contribution in [2.24, 2.45) is 5.73 Å². The highest BCUT2D eigenvalue weighted by atomic mass is 79.9. The van der Waals surface area contributed by atoms with E-state index in [1.165, 1.54) is 11.1 Å². The third-order valence-corrected chi connectivity index (χ3v) is 4.68. The van der Waals surface area contributed by atoms with E-state index in [0.717, 1.165) is 34.4 Å². The van der Waals surface area contributed by atoms with Crippen molar-refractivity contribution in [2.45, 2.75) is 25.5 Å². The van der Waals surface area contributed by atoms with Gasteiger partial charge in [-0.15, -0.1) is 0 Å². The van der Waals surface area contributed by atoms with Crippen LogP contribution in [-0.2, 0) is 13.0 Å². The Kier molecular flexibility index (Phi) is 4.17. The zero-order valence-electron chi connectivity index (χ0n) is 11.9. The van der Waals surface area contributed by atoms with Crippen LogP contribution in [0.3, 0.4) is 0 Å². The minimum Gasteiger partial charge on any atom is -0.497 e. The lowest BCUT2D eigenvalue weighted by Crippen LogP contribution is -2.05. The second-order valence-corrected chi connectivity index (χ2v) is 6.07. The Labute approximate surface area is 133 Å². The lowest BCUT2D eigenvalue weighted by molar-refractivity contribution is 0.301. The Morgan fingerprint density at radius 1 is 1.29 bits per heavy atom. The molecule has 4 heteroatoms. The van der Waals surface area contributed by atoms with E-state index in [-0.39, 0.29) is 6.04 Å². The predicted octanol–water partition coefficient (Wildman–Crippen LogP) is 3.98. The SMILES string of the molecule is COc1ccc(Br)c(COc2cccc3c2CCC3N)c1. The van der Waals surface area contributed by atoms with Crippen LogP contribution in [0, 0.1) is 0 Å². The van der Waals surface area contributed by atoms with Gasteiger partial charge in [0.15, 0.2) is 0 Å². The molecule has 0 heterocycles. The Hall–Kier alpha value is -1.52. The smallest absolute Gasteiger partial charge is 0.123 e. The molecule has 2 aromatic carbocycles. The van der Waals surface area contributed by atoms with E-state index in [9.17, 15) is 0 Å². The molecule has 2 N–H and O–H groups in total. The van der Waals surface area contributed by atoms with Crippen molar-refractivity contribution in [2.75, 3.05) is 7.11 Å². The molecule has 0 spiro atoms. The van der Waals surface area contributed by atoms with Gasteiger partial charge in [0.1, 0.15) is 18.1 Å². The first kappa shape index (κ1) is 14.4. The Balaban J connectivity index is 1.80. The topological polar surface area (TPSA) is 44.5 Å². The van der Waals surface area contributed by atoms with Crippen molar-refractivity contribution in [1.29, 1.82) is 0 Å². The molecular formula is C17H18BrNO2. The van der Waals surface area contributed by atoms with E-state index in [2.05, 4.69) is 22.0 Å². The quantitative estimate of drug-likeness (QED) is 0.909. The fourth-order valence-corrected chi connectivity index (χ4v) is 3.09. The number of nitrogens with two attached hydrogens (primary N) is 1. The number of benzene rings is 2. The minimum atomic E-state index is 0.145. The van der Waals surface area contributed by atoms with E-state index in [1.54, 1.807) is 7.11 Å². The Morgan fingerprint density at radius 3 is 2.95 bits per heavy atom. The van der Waals surface area contributed by atoms with Gasteiger partial charge in [-0.05, 0) is 48.2 Å². The zero-order valence-corrected chi connectivity index (χ0v) is 13.5. The number of rotatable bonds is 4. The molecule has 2 aromatic rings. The first-order valence-electron chi connectivity index (χ1n) is 7.01. The maximum atomic E-state index is 6.10. The molecule has 0 fully saturated rings. The van der Waals surface area contributed by atoms with Crippen molar-refractivity contribution in [3.8, 4) is 11.5 Å². The highest BCUT2D eigenvalue weighted by molar-refractivity contribution is 9.10. The number of halogens is 1. The molecule has 3 nitrogen and oxygen atoms in total. The number of fused-ring (bicyclic) bond motifs is 1. The summed E-state index contributed by atoms with van der Waals surface area (Å²) in [7, 11) is 1.67. The van der Waals surface area contributed by atoms with Gasteiger partial charge in [0.05, 0.1) is 7.11 Å². The van der Waals surface area contributed by atoms with E-state index in [4.69, 9.17) is 15.2 Å². The molecule has 0 saturated heterocycles. The third-order valence-electron chi connectivity index (χ3n) is 3.91. The van der Waals surface area contributed by atoms with E-state index < -0.39 is 0 Å². The number of methoxy groups -OCH3 is 1. The highest BCUT2D eigenvalue weighted by Crippen LogP contribution is 2.36. The lowest BCUT2D eigenvalue weighted by atomic mass is 10.1. The Bertz CT molecular complexity index is 657. The van der Waals surface area contributed by atoms with Gasteiger partial charge in [0.25, 0.3) is 0 Å². The Morgan fingerprint density at radius 2 is 2.14 bits per heavy atom. The molecule has 1 aliphatic carbocycles. The van der Waals surface area contributed by atoms with Crippen LogP contribution in [0.2, 0.25) is 0 Å². The van der Waals surface area contributed by atoms with E-state index in [0.29, 0.717) is 6.61 Å². The molecule has 21 heavy (non-hydrogen) atoms. The summed E-state index contributed by atoms with van der Waals surface area (Å²) in [5.41, 5.74) is 9.64. The van der Waals surface area contributed by atoms with Crippen molar-refractivity contribution in [1.82, 2.24) is 0 Å². The fraction of sp³-hybridized carbons (Fsp3) is 0.294. The average Bonchev–Trinajstić information content (AvgIpc) is 2.89. The molecule has 0 saturated carbocycles. The standard InChI is InChI=1S/C17H18BrNO2/c1-20-12-5-7-15(18)11(9-12)10-21-17-4-2-3-13-14(17)6-8-16(13)19/h2-5,7,9,16H,6,8,10,19H2,1H3. The van der Waals surface area contributed by atoms with Gasteiger partial charge in [0.2, 0.25) is 0 Å². The van der Waals surface area contributed by atoms with Gasteiger partial charge in [-0.25, -0.2) is 0 Å². The molecule has 0 aliphatic heterocycles. The zero-order chi connectivity index (χ0) is 14.8. The van der Waals surface area contributed by atoms with Crippen molar-refractivity contribution < 1.29 is 9.47 Å². The van der Waals surface area contributed by atoms with Gasteiger partial charge in [0, 0.05) is 16.1 Å². The molecule has 0 aromatic heterocycles. The van der Waals surface area contributed by atoms with Crippen molar-refractivity contribution in [3.63, 3.8) is 0 Å². The van der Waals surface area contributed by atoms with Crippen molar-refractivity contribution in [3.05, 3.63) is 57.6 Å². The van der Waals surface area contributed by atoms with Crippen LogP contribution in [0.25, 0.3) is 0 Å². The first-order valence-corrected chi connectivity index (χ1v) is 7.81. The maximum Gasteiger partial charge on any atom is 0.123 e. The van der Waals surface area contributed by atoms with Gasteiger partial charge in [-0.1, -0.05) is 28.1 Å². The van der Waals surface area contributed by atoms with Crippen molar-refractivity contribution >= 4 is 15.9 Å². The molecular weight excluding hydrogens is 330 g/mol. The monoisotopic (exact) mass is 347 g/mol. The van der Waals surface area contributed by atoms with Gasteiger partial charge < -0.3 is 15.2 Å². The first-order chi connectivity index (χ1) is 10.2. The second-order valence-electron chi connectivity index (χ2n) is 5.22. The summed E-state index contributed by atoms with van der Waals surface area (Å²) in [6, 6.07) is 12.2. The summed E-state index contributed by atoms with van der Waals surface area (Å²) in [4.78, 5) is 0. The normalized spacial score (nSPS) is 16.6. The van der Waals surface area contributed by atoms with Gasteiger partial charge in [-0.3, -0.25) is 0 Å². The number of hydrogen-bond donors (Lipinski definition) is 1. The van der Waals surface area contributed by atoms with Crippen LogP contribution in [-0.4, -0.2) is 7.11 Å². The van der Waals surface area contributed by atoms with Crippen LogP contribution in [0.5, 0.6) is 11.5 Å². The second kappa shape index (κ2) is 6.08. The summed E-state index contributed by atoms with van der Waals surface area (Å²) in [5.74, 6) is 1.77. The summed E-state index contributed by atoms with van der Waals surface area (Å²) < 4.78 is 12.3. The van der Waals surface area contributed by atoms with Crippen LogP contribution in [0.4, 0.5) is 0 Å². The van der Waals surface area contributed by atoms with Gasteiger partial charge in [-0.2, -0.15) is 0 Å². The number of ether oxygens (including phenoxy) is 2. The number of hydrogen-bond acceptors (Lipinski definition) is 3. The molecule has 0 radical (unpaired) electrons. The molecule has 1 atom stereocenters. The van der Waals surface area contributed by atoms with Crippen LogP contribution >= 0.6 is 15.9 Å². The fourth-order valence-electron chi connectivity index (χ4n) is 2.73. The third kappa shape index (κ3) is 2.92.